The Bertz CT molecular complexity index is 634. The fourth-order valence-corrected chi connectivity index (χ4v) is 3.68. The average molecular weight is 392 g/mol. The Morgan fingerprint density at radius 2 is 2.11 bits per heavy atom. The summed E-state index contributed by atoms with van der Waals surface area (Å²) in [6.07, 6.45) is 1.96. The highest BCUT2D eigenvalue weighted by Gasteiger charge is 2.23. The lowest BCUT2D eigenvalue weighted by atomic mass is 10.2. The smallest absolute Gasteiger partial charge is 0.234 e. The van der Waals surface area contributed by atoms with E-state index in [2.05, 4.69) is 22.0 Å². The predicted octanol–water partition coefficient (Wildman–Crippen LogP) is 1.51. The minimum atomic E-state index is 0.0724. The normalized spacial score (nSPS) is 20.7. The molecule has 1 aromatic carbocycles. The van der Waals surface area contributed by atoms with Gasteiger partial charge in [-0.2, -0.15) is 0 Å². The molecule has 2 aliphatic heterocycles. The van der Waals surface area contributed by atoms with Crippen LogP contribution in [0.4, 0.5) is 0 Å². The quantitative estimate of drug-likeness (QED) is 0.678. The summed E-state index contributed by atoms with van der Waals surface area (Å²) in [6.45, 7) is 9.25. The second-order valence-electron chi connectivity index (χ2n) is 7.45. The van der Waals surface area contributed by atoms with Crippen LogP contribution in [0, 0.1) is 0 Å². The third-order valence-corrected chi connectivity index (χ3v) is 5.32. The molecule has 1 fully saturated rings. The summed E-state index contributed by atoms with van der Waals surface area (Å²) in [7, 11) is 1.66. The van der Waals surface area contributed by atoms with Crippen molar-refractivity contribution in [1.29, 1.82) is 0 Å². The third-order valence-electron chi connectivity index (χ3n) is 5.32. The van der Waals surface area contributed by atoms with Gasteiger partial charge >= 0.3 is 0 Å². The van der Waals surface area contributed by atoms with E-state index in [1.807, 2.05) is 18.2 Å². The number of hydrogen-bond donors (Lipinski definition) is 1. The van der Waals surface area contributed by atoms with E-state index in [9.17, 15) is 4.79 Å². The van der Waals surface area contributed by atoms with E-state index in [1.54, 1.807) is 7.11 Å². The van der Waals surface area contributed by atoms with Crippen LogP contribution in [0.3, 0.4) is 0 Å². The van der Waals surface area contributed by atoms with Crippen molar-refractivity contribution < 1.29 is 19.0 Å². The highest BCUT2D eigenvalue weighted by molar-refractivity contribution is 5.78. The molecule has 7 nitrogen and oxygen atoms in total. The second kappa shape index (κ2) is 10.6. The summed E-state index contributed by atoms with van der Waals surface area (Å²) in [5, 5.41) is 3.07. The van der Waals surface area contributed by atoms with Crippen molar-refractivity contribution in [3.8, 4) is 11.5 Å². The molecule has 1 amide bonds. The van der Waals surface area contributed by atoms with E-state index in [1.165, 1.54) is 0 Å². The third kappa shape index (κ3) is 6.09. The Morgan fingerprint density at radius 3 is 2.86 bits per heavy atom. The first-order valence-electron chi connectivity index (χ1n) is 10.3. The van der Waals surface area contributed by atoms with Gasteiger partial charge in [0.15, 0.2) is 0 Å². The molecule has 0 aliphatic carbocycles. The van der Waals surface area contributed by atoms with Crippen LogP contribution in [-0.4, -0.2) is 81.4 Å². The summed E-state index contributed by atoms with van der Waals surface area (Å²) < 4.78 is 16.8. The molecule has 1 atom stereocenters. The van der Waals surface area contributed by atoms with Gasteiger partial charge in [-0.05, 0) is 37.6 Å². The van der Waals surface area contributed by atoms with Gasteiger partial charge in [0.25, 0.3) is 0 Å². The first-order chi connectivity index (χ1) is 13.7. The molecule has 3 rings (SSSR count). The number of nitrogens with one attached hydrogen (secondary N) is 1. The van der Waals surface area contributed by atoms with E-state index < -0.39 is 0 Å². The second-order valence-corrected chi connectivity index (χ2v) is 7.45. The van der Waals surface area contributed by atoms with Crippen molar-refractivity contribution in [2.75, 3.05) is 59.6 Å². The Balaban J connectivity index is 1.48. The van der Waals surface area contributed by atoms with Crippen LogP contribution >= 0.6 is 0 Å². The summed E-state index contributed by atoms with van der Waals surface area (Å²) in [6, 6.07) is 5.88. The van der Waals surface area contributed by atoms with Crippen LogP contribution in [0.1, 0.15) is 25.3 Å². The van der Waals surface area contributed by atoms with Gasteiger partial charge < -0.3 is 19.5 Å². The molecule has 0 saturated carbocycles. The van der Waals surface area contributed by atoms with Gasteiger partial charge in [-0.1, -0.05) is 6.92 Å². The summed E-state index contributed by atoms with van der Waals surface area (Å²) >= 11 is 0. The molecular weight excluding hydrogens is 358 g/mol. The number of rotatable bonds is 8. The lowest BCUT2D eigenvalue weighted by molar-refractivity contribution is -0.122. The van der Waals surface area contributed by atoms with Crippen molar-refractivity contribution in [1.82, 2.24) is 15.1 Å². The highest BCUT2D eigenvalue weighted by atomic mass is 16.5. The number of morpholine rings is 1. The van der Waals surface area contributed by atoms with E-state index in [0.29, 0.717) is 19.6 Å². The highest BCUT2D eigenvalue weighted by Crippen LogP contribution is 2.29. The average Bonchev–Trinajstić information content (AvgIpc) is 2.89. The van der Waals surface area contributed by atoms with Crippen LogP contribution in [-0.2, 0) is 16.1 Å². The molecule has 1 N–H and O–H groups in total. The number of nitrogens with zero attached hydrogens (tertiary/aromatic N) is 2. The molecule has 0 radical (unpaired) electrons. The van der Waals surface area contributed by atoms with Crippen LogP contribution < -0.4 is 14.8 Å². The van der Waals surface area contributed by atoms with Crippen LogP contribution in [0.25, 0.3) is 0 Å². The first-order valence-corrected chi connectivity index (χ1v) is 10.3. The predicted molar refractivity (Wildman–Crippen MR) is 108 cm³/mol. The van der Waals surface area contributed by atoms with Crippen LogP contribution in [0.5, 0.6) is 11.5 Å². The fraction of sp³-hybridized carbons (Fsp3) is 0.667. The number of fused-ring (bicyclic) bond motifs is 1. The Kier molecular flexibility index (Phi) is 7.94. The van der Waals surface area contributed by atoms with Crippen molar-refractivity contribution >= 4 is 5.91 Å². The van der Waals surface area contributed by atoms with E-state index in [0.717, 1.165) is 69.3 Å². The maximum atomic E-state index is 12.5. The van der Waals surface area contributed by atoms with Gasteiger partial charge in [0.2, 0.25) is 5.91 Å². The SMILES string of the molecule is CCC1CN(CC(=O)NCCCN2CCOCC2)Cc2cc(OC)ccc2O1. The maximum Gasteiger partial charge on any atom is 0.234 e. The topological polar surface area (TPSA) is 63.3 Å². The van der Waals surface area contributed by atoms with Gasteiger partial charge in [0, 0.05) is 38.3 Å². The van der Waals surface area contributed by atoms with Crippen LogP contribution in [0.2, 0.25) is 0 Å². The molecule has 2 aliphatic rings. The molecule has 1 aromatic rings. The number of hydrogen-bond acceptors (Lipinski definition) is 6. The Labute approximate surface area is 167 Å². The molecule has 28 heavy (non-hydrogen) atoms. The lowest BCUT2D eigenvalue weighted by Gasteiger charge is -2.26. The Morgan fingerprint density at radius 1 is 1.29 bits per heavy atom. The van der Waals surface area contributed by atoms with Crippen molar-refractivity contribution in [2.24, 2.45) is 0 Å². The fourth-order valence-electron chi connectivity index (χ4n) is 3.68. The molecular formula is C21H33N3O4. The number of ether oxygens (including phenoxy) is 3. The first kappa shape index (κ1) is 20.9. The van der Waals surface area contributed by atoms with Gasteiger partial charge in [0.05, 0.1) is 26.9 Å². The molecule has 0 bridgehead atoms. The number of amides is 1. The largest absolute Gasteiger partial charge is 0.497 e. The molecule has 156 valence electrons. The molecule has 1 saturated heterocycles. The van der Waals surface area contributed by atoms with Crippen molar-refractivity contribution in [2.45, 2.75) is 32.4 Å². The monoisotopic (exact) mass is 391 g/mol. The number of methoxy groups -OCH3 is 1. The standard InChI is InChI=1S/C21H33N3O4/c1-3-18-15-24(14-17-13-19(26-2)5-6-20(17)28-18)16-21(25)22-7-4-8-23-9-11-27-12-10-23/h5-6,13,18H,3-4,7-12,14-16H2,1-2H3,(H,22,25). The maximum absolute atomic E-state index is 12.5. The molecule has 0 spiro atoms. The van der Waals surface area contributed by atoms with Gasteiger partial charge in [-0.15, -0.1) is 0 Å². The molecule has 1 unspecified atom stereocenters. The zero-order valence-corrected chi connectivity index (χ0v) is 17.1. The van der Waals surface area contributed by atoms with Crippen molar-refractivity contribution in [3.05, 3.63) is 23.8 Å². The number of carbonyl (C=O) groups excluding carboxylic acids is 1. The van der Waals surface area contributed by atoms with Gasteiger partial charge in [-0.3, -0.25) is 14.6 Å². The van der Waals surface area contributed by atoms with Gasteiger partial charge in [0.1, 0.15) is 17.6 Å². The van der Waals surface area contributed by atoms with Gasteiger partial charge in [-0.25, -0.2) is 0 Å². The minimum Gasteiger partial charge on any atom is -0.497 e. The van der Waals surface area contributed by atoms with Crippen molar-refractivity contribution in [3.63, 3.8) is 0 Å². The summed E-state index contributed by atoms with van der Waals surface area (Å²) in [4.78, 5) is 17.0. The molecule has 7 heteroatoms. The zero-order valence-electron chi connectivity index (χ0n) is 17.1. The van der Waals surface area contributed by atoms with Crippen LogP contribution in [0.15, 0.2) is 18.2 Å². The zero-order chi connectivity index (χ0) is 19.8. The molecule has 0 aromatic heterocycles. The lowest BCUT2D eigenvalue weighted by Crippen LogP contribution is -2.41. The summed E-state index contributed by atoms with van der Waals surface area (Å²) in [5.74, 6) is 1.77. The number of carbonyl (C=O) groups is 1. The van der Waals surface area contributed by atoms with E-state index in [4.69, 9.17) is 14.2 Å². The van der Waals surface area contributed by atoms with E-state index >= 15 is 0 Å². The Hall–Kier alpha value is -1.83. The minimum absolute atomic E-state index is 0.0724. The molecule has 2 heterocycles. The number of benzene rings is 1. The summed E-state index contributed by atoms with van der Waals surface area (Å²) in [5.41, 5.74) is 1.07. The van der Waals surface area contributed by atoms with E-state index in [-0.39, 0.29) is 12.0 Å².